The molecule has 7 nitrogen and oxygen atoms in total. The van der Waals surface area contributed by atoms with E-state index in [4.69, 9.17) is 4.74 Å². The fraction of sp³-hybridized carbons (Fsp3) is 0.550. The molecule has 27 heavy (non-hydrogen) atoms. The van der Waals surface area contributed by atoms with Gasteiger partial charge in [-0.25, -0.2) is 0 Å². The SMILES string of the molecule is Cc1ccc(C)c(OCC(=O)NNC(=O)C2CCCN(C(=O)C3CC3)C2)c1. The molecule has 0 spiro atoms. The first kappa shape index (κ1) is 19.2. The Balaban J connectivity index is 1.42. The van der Waals surface area contributed by atoms with E-state index in [0.29, 0.717) is 12.3 Å². The lowest BCUT2D eigenvalue weighted by atomic mass is 9.97. The average molecular weight is 373 g/mol. The molecule has 2 fully saturated rings. The van der Waals surface area contributed by atoms with Crippen LogP contribution < -0.4 is 15.6 Å². The van der Waals surface area contributed by atoms with Gasteiger partial charge < -0.3 is 9.64 Å². The molecule has 1 heterocycles. The molecule has 1 aliphatic carbocycles. The number of nitrogens with one attached hydrogen (secondary N) is 2. The van der Waals surface area contributed by atoms with E-state index in [-0.39, 0.29) is 30.3 Å². The molecule has 1 saturated carbocycles. The van der Waals surface area contributed by atoms with Gasteiger partial charge in [0.15, 0.2) is 6.61 Å². The Hall–Kier alpha value is -2.57. The lowest BCUT2D eigenvalue weighted by Crippen LogP contribution is -2.51. The summed E-state index contributed by atoms with van der Waals surface area (Å²) in [6.45, 7) is 4.83. The van der Waals surface area contributed by atoms with Crippen LogP contribution in [-0.4, -0.2) is 42.3 Å². The summed E-state index contributed by atoms with van der Waals surface area (Å²) in [6.07, 6.45) is 3.45. The molecule has 1 atom stereocenters. The molecule has 146 valence electrons. The van der Waals surface area contributed by atoms with Crippen molar-refractivity contribution in [3.8, 4) is 5.75 Å². The number of ether oxygens (including phenoxy) is 1. The molecule has 1 aromatic carbocycles. The van der Waals surface area contributed by atoms with Crippen LogP contribution in [0.5, 0.6) is 5.75 Å². The minimum absolute atomic E-state index is 0.161. The smallest absolute Gasteiger partial charge is 0.276 e. The highest BCUT2D eigenvalue weighted by Crippen LogP contribution is 2.32. The van der Waals surface area contributed by atoms with Crippen molar-refractivity contribution in [1.82, 2.24) is 15.8 Å². The van der Waals surface area contributed by atoms with Gasteiger partial charge in [-0.1, -0.05) is 12.1 Å². The van der Waals surface area contributed by atoms with E-state index in [2.05, 4.69) is 10.9 Å². The van der Waals surface area contributed by atoms with Gasteiger partial charge in [-0.3, -0.25) is 25.2 Å². The fourth-order valence-corrected chi connectivity index (χ4v) is 3.26. The third-order valence-electron chi connectivity index (χ3n) is 5.06. The summed E-state index contributed by atoms with van der Waals surface area (Å²) in [6, 6.07) is 5.78. The zero-order chi connectivity index (χ0) is 19.4. The van der Waals surface area contributed by atoms with Crippen LogP contribution in [0.25, 0.3) is 0 Å². The Kier molecular flexibility index (Phi) is 5.98. The zero-order valence-electron chi connectivity index (χ0n) is 15.9. The van der Waals surface area contributed by atoms with Crippen LogP contribution in [0, 0.1) is 25.7 Å². The summed E-state index contributed by atoms with van der Waals surface area (Å²) >= 11 is 0. The number of hydrogen-bond acceptors (Lipinski definition) is 4. The molecule has 0 aromatic heterocycles. The number of carbonyl (C=O) groups excluding carboxylic acids is 3. The first-order chi connectivity index (χ1) is 12.9. The Bertz CT molecular complexity index is 730. The average Bonchev–Trinajstić information content (AvgIpc) is 3.51. The molecule has 1 aliphatic heterocycles. The minimum atomic E-state index is -0.425. The largest absolute Gasteiger partial charge is 0.483 e. The Labute approximate surface area is 159 Å². The number of amides is 3. The van der Waals surface area contributed by atoms with E-state index in [1.807, 2.05) is 32.0 Å². The van der Waals surface area contributed by atoms with Crippen molar-refractivity contribution in [3.05, 3.63) is 29.3 Å². The van der Waals surface area contributed by atoms with Crippen LogP contribution >= 0.6 is 0 Å². The van der Waals surface area contributed by atoms with Crippen LogP contribution in [0.4, 0.5) is 0 Å². The maximum atomic E-state index is 12.3. The standard InChI is InChI=1S/C20H27N3O4/c1-13-5-6-14(2)17(10-13)27-12-18(24)21-22-19(25)16-4-3-9-23(11-16)20(26)15-7-8-15/h5-6,10,15-16H,3-4,7-9,11-12H2,1-2H3,(H,21,24)(H,22,25). The van der Waals surface area contributed by atoms with E-state index < -0.39 is 5.91 Å². The quantitative estimate of drug-likeness (QED) is 0.766. The van der Waals surface area contributed by atoms with Crippen molar-refractivity contribution in [2.45, 2.75) is 39.5 Å². The van der Waals surface area contributed by atoms with Gasteiger partial charge in [0.25, 0.3) is 5.91 Å². The Morgan fingerprint density at radius 3 is 2.63 bits per heavy atom. The molecule has 0 bridgehead atoms. The van der Waals surface area contributed by atoms with Crippen molar-refractivity contribution in [2.75, 3.05) is 19.7 Å². The monoisotopic (exact) mass is 373 g/mol. The van der Waals surface area contributed by atoms with Gasteiger partial charge in [0.1, 0.15) is 5.75 Å². The normalized spacial score (nSPS) is 19.3. The van der Waals surface area contributed by atoms with Crippen LogP contribution in [0.15, 0.2) is 18.2 Å². The topological polar surface area (TPSA) is 87.7 Å². The van der Waals surface area contributed by atoms with Gasteiger partial charge >= 0.3 is 0 Å². The van der Waals surface area contributed by atoms with Gasteiger partial charge in [0.2, 0.25) is 11.8 Å². The number of carbonyl (C=O) groups is 3. The van der Waals surface area contributed by atoms with E-state index in [1.54, 1.807) is 4.90 Å². The molecule has 0 radical (unpaired) electrons. The fourth-order valence-electron chi connectivity index (χ4n) is 3.26. The Morgan fingerprint density at radius 2 is 1.89 bits per heavy atom. The first-order valence-corrected chi connectivity index (χ1v) is 9.51. The van der Waals surface area contributed by atoms with Gasteiger partial charge in [-0.05, 0) is 56.7 Å². The maximum absolute atomic E-state index is 12.3. The van der Waals surface area contributed by atoms with E-state index >= 15 is 0 Å². The maximum Gasteiger partial charge on any atom is 0.276 e. The van der Waals surface area contributed by atoms with Crippen LogP contribution in [-0.2, 0) is 14.4 Å². The van der Waals surface area contributed by atoms with E-state index in [9.17, 15) is 14.4 Å². The summed E-state index contributed by atoms with van der Waals surface area (Å²) in [5, 5.41) is 0. The highest BCUT2D eigenvalue weighted by atomic mass is 16.5. The molecule has 2 N–H and O–H groups in total. The molecular formula is C20H27N3O4. The predicted molar refractivity (Wildman–Crippen MR) is 99.7 cm³/mol. The van der Waals surface area contributed by atoms with Crippen molar-refractivity contribution in [2.24, 2.45) is 11.8 Å². The van der Waals surface area contributed by atoms with Crippen molar-refractivity contribution >= 4 is 17.7 Å². The van der Waals surface area contributed by atoms with Crippen molar-refractivity contribution in [1.29, 1.82) is 0 Å². The highest BCUT2D eigenvalue weighted by molar-refractivity contribution is 5.85. The molecule has 2 aliphatic rings. The number of likely N-dealkylation sites (tertiary alicyclic amines) is 1. The van der Waals surface area contributed by atoms with Crippen LogP contribution in [0.1, 0.15) is 36.8 Å². The number of nitrogens with zero attached hydrogens (tertiary/aromatic N) is 1. The molecule has 7 heteroatoms. The minimum Gasteiger partial charge on any atom is -0.483 e. The second-order valence-corrected chi connectivity index (χ2v) is 7.49. The third kappa shape index (κ3) is 5.21. The number of benzene rings is 1. The number of rotatable bonds is 5. The molecule has 3 rings (SSSR count). The second-order valence-electron chi connectivity index (χ2n) is 7.49. The molecule has 1 unspecified atom stereocenters. The lowest BCUT2D eigenvalue weighted by Gasteiger charge is -2.32. The number of hydrogen-bond donors (Lipinski definition) is 2. The highest BCUT2D eigenvalue weighted by Gasteiger charge is 2.36. The molecule has 3 amide bonds. The Morgan fingerprint density at radius 1 is 1.11 bits per heavy atom. The molecular weight excluding hydrogens is 346 g/mol. The number of hydrazine groups is 1. The van der Waals surface area contributed by atoms with Crippen LogP contribution in [0.3, 0.4) is 0 Å². The van der Waals surface area contributed by atoms with Gasteiger partial charge in [-0.15, -0.1) is 0 Å². The lowest BCUT2D eigenvalue weighted by molar-refractivity contribution is -0.138. The van der Waals surface area contributed by atoms with Crippen molar-refractivity contribution in [3.63, 3.8) is 0 Å². The first-order valence-electron chi connectivity index (χ1n) is 9.51. The van der Waals surface area contributed by atoms with Crippen LogP contribution in [0.2, 0.25) is 0 Å². The van der Waals surface area contributed by atoms with Crippen molar-refractivity contribution < 1.29 is 19.1 Å². The van der Waals surface area contributed by atoms with E-state index in [0.717, 1.165) is 43.4 Å². The summed E-state index contributed by atoms with van der Waals surface area (Å²) in [7, 11) is 0. The summed E-state index contributed by atoms with van der Waals surface area (Å²) in [4.78, 5) is 38.2. The summed E-state index contributed by atoms with van der Waals surface area (Å²) < 4.78 is 5.52. The number of piperidine rings is 1. The third-order valence-corrected chi connectivity index (χ3v) is 5.06. The number of aryl methyl sites for hydroxylation is 2. The van der Waals surface area contributed by atoms with Gasteiger partial charge in [-0.2, -0.15) is 0 Å². The summed E-state index contributed by atoms with van der Waals surface area (Å²) in [5.74, 6) is 0.00115. The second kappa shape index (κ2) is 8.41. The van der Waals surface area contributed by atoms with Gasteiger partial charge in [0.05, 0.1) is 5.92 Å². The zero-order valence-corrected chi connectivity index (χ0v) is 15.9. The predicted octanol–water partition coefficient (Wildman–Crippen LogP) is 1.48. The van der Waals surface area contributed by atoms with Gasteiger partial charge in [0, 0.05) is 19.0 Å². The molecule has 1 saturated heterocycles. The van der Waals surface area contributed by atoms with E-state index in [1.165, 1.54) is 0 Å². The molecule has 1 aromatic rings. The summed E-state index contributed by atoms with van der Waals surface area (Å²) in [5.41, 5.74) is 6.85.